The first kappa shape index (κ1) is 27.2. The molecule has 11 nitrogen and oxygen atoms in total. The number of hydrazine groups is 1. The second-order valence-corrected chi connectivity index (χ2v) is 8.74. The lowest BCUT2D eigenvalue weighted by Crippen LogP contribution is -2.57. The van der Waals surface area contributed by atoms with Gasteiger partial charge in [-0.2, -0.15) is 4.98 Å². The summed E-state index contributed by atoms with van der Waals surface area (Å²) >= 11 is 0. The van der Waals surface area contributed by atoms with E-state index in [9.17, 15) is 9.59 Å². The Morgan fingerprint density at radius 2 is 1.92 bits per heavy atom. The molecular weight excluding hydrogens is 460 g/mol. The summed E-state index contributed by atoms with van der Waals surface area (Å²) in [5.74, 6) is 1.33. The zero-order valence-corrected chi connectivity index (χ0v) is 22.3. The molecule has 36 heavy (non-hydrogen) atoms. The number of anilines is 4. The first-order chi connectivity index (χ1) is 17.2. The van der Waals surface area contributed by atoms with Crippen molar-refractivity contribution in [1.82, 2.24) is 25.2 Å². The van der Waals surface area contributed by atoms with Gasteiger partial charge in [-0.1, -0.05) is 20.8 Å². The van der Waals surface area contributed by atoms with E-state index in [2.05, 4.69) is 34.4 Å². The van der Waals surface area contributed by atoms with Crippen LogP contribution < -0.4 is 25.3 Å². The van der Waals surface area contributed by atoms with Gasteiger partial charge in [-0.3, -0.25) is 14.6 Å². The Kier molecular flexibility index (Phi) is 9.05. The summed E-state index contributed by atoms with van der Waals surface area (Å²) in [7, 11) is 7.06. The van der Waals surface area contributed by atoms with Gasteiger partial charge in [0.05, 0.1) is 19.0 Å². The van der Waals surface area contributed by atoms with Gasteiger partial charge in [0.25, 0.3) is 11.8 Å². The standard InChI is InChI=1S/C25H38N8O3/c1-8-19-24(35)31(6)20-16-27-25(29-22(20)33(19)30(4)5)28-18-12-11-17(15-21(18)36-7)23(34)26-13-14-32(9-2)10-3/h11-12,15-16,19H,8-10,13-14H2,1-7H3,(H,26,34)(H,27,28,29). The third-order valence-corrected chi connectivity index (χ3v) is 6.38. The maximum atomic E-state index is 12.8. The Labute approximate surface area is 213 Å². The van der Waals surface area contributed by atoms with Gasteiger partial charge in [-0.05, 0) is 37.7 Å². The Morgan fingerprint density at radius 1 is 1.19 bits per heavy atom. The minimum Gasteiger partial charge on any atom is -0.495 e. The Hall–Kier alpha value is -3.44. The van der Waals surface area contributed by atoms with Crippen molar-refractivity contribution in [3.8, 4) is 5.75 Å². The van der Waals surface area contributed by atoms with Gasteiger partial charge < -0.3 is 25.2 Å². The summed E-state index contributed by atoms with van der Waals surface area (Å²) in [4.78, 5) is 38.5. The number of ether oxygens (including phenoxy) is 1. The molecule has 0 saturated heterocycles. The van der Waals surface area contributed by atoms with E-state index in [1.54, 1.807) is 43.5 Å². The lowest BCUT2D eigenvalue weighted by Gasteiger charge is -2.43. The van der Waals surface area contributed by atoms with Gasteiger partial charge in [0.1, 0.15) is 17.5 Å². The zero-order valence-electron chi connectivity index (χ0n) is 22.3. The molecule has 2 amide bonds. The summed E-state index contributed by atoms with van der Waals surface area (Å²) in [6.45, 7) is 9.45. The number of rotatable bonds is 11. The average molecular weight is 499 g/mol. The first-order valence-corrected chi connectivity index (χ1v) is 12.3. The first-order valence-electron chi connectivity index (χ1n) is 12.3. The minimum atomic E-state index is -0.352. The number of methoxy groups -OCH3 is 1. The van der Waals surface area contributed by atoms with E-state index in [-0.39, 0.29) is 17.9 Å². The van der Waals surface area contributed by atoms with Crippen molar-refractivity contribution in [3.63, 3.8) is 0 Å². The number of hydrogen-bond donors (Lipinski definition) is 2. The molecule has 196 valence electrons. The third-order valence-electron chi connectivity index (χ3n) is 6.38. The SMILES string of the molecule is CCC1C(=O)N(C)c2cnc(Nc3ccc(C(=O)NCCN(CC)CC)cc3OC)nc2N1N(C)C. The van der Waals surface area contributed by atoms with E-state index in [0.717, 1.165) is 19.6 Å². The average Bonchev–Trinajstić information content (AvgIpc) is 2.88. The molecule has 0 fully saturated rings. The topological polar surface area (TPSA) is 106 Å². The molecule has 2 N–H and O–H groups in total. The highest BCUT2D eigenvalue weighted by Gasteiger charge is 2.38. The predicted octanol–water partition coefficient (Wildman–Crippen LogP) is 2.34. The normalized spacial score (nSPS) is 15.4. The second-order valence-electron chi connectivity index (χ2n) is 8.74. The molecule has 0 spiro atoms. The Bertz CT molecular complexity index is 1070. The number of fused-ring (bicyclic) bond motifs is 1. The van der Waals surface area contributed by atoms with Crippen molar-refractivity contribution < 1.29 is 14.3 Å². The molecule has 1 aromatic heterocycles. The van der Waals surface area contributed by atoms with Crippen LogP contribution in [-0.2, 0) is 4.79 Å². The summed E-state index contributed by atoms with van der Waals surface area (Å²) in [6.07, 6.45) is 2.27. The zero-order chi connectivity index (χ0) is 26.4. The van der Waals surface area contributed by atoms with Crippen LogP contribution in [0.3, 0.4) is 0 Å². The fourth-order valence-corrected chi connectivity index (χ4v) is 4.27. The lowest BCUT2D eigenvalue weighted by atomic mass is 10.1. The lowest BCUT2D eigenvalue weighted by molar-refractivity contribution is -0.120. The quantitative estimate of drug-likeness (QED) is 0.483. The minimum absolute atomic E-state index is 0.00404. The number of nitrogens with zero attached hydrogens (tertiary/aromatic N) is 6. The highest BCUT2D eigenvalue weighted by Crippen LogP contribution is 2.36. The highest BCUT2D eigenvalue weighted by molar-refractivity contribution is 6.04. The summed E-state index contributed by atoms with van der Waals surface area (Å²) in [6, 6.07) is 4.85. The molecule has 3 rings (SSSR count). The number of nitrogens with one attached hydrogen (secondary N) is 2. The number of aromatic nitrogens is 2. The van der Waals surface area contributed by atoms with Crippen LogP contribution in [0.1, 0.15) is 37.6 Å². The van der Waals surface area contributed by atoms with Crippen molar-refractivity contribution in [2.75, 3.05) is 69.7 Å². The molecule has 2 heterocycles. The molecule has 1 unspecified atom stereocenters. The van der Waals surface area contributed by atoms with Crippen molar-refractivity contribution in [1.29, 1.82) is 0 Å². The summed E-state index contributed by atoms with van der Waals surface area (Å²) in [5.41, 5.74) is 1.77. The summed E-state index contributed by atoms with van der Waals surface area (Å²) in [5, 5.41) is 9.91. The van der Waals surface area contributed by atoms with Gasteiger partial charge in [-0.15, -0.1) is 0 Å². The fourth-order valence-electron chi connectivity index (χ4n) is 4.27. The van der Waals surface area contributed by atoms with Crippen LogP contribution in [0.4, 0.5) is 23.1 Å². The predicted molar refractivity (Wildman–Crippen MR) is 142 cm³/mol. The van der Waals surface area contributed by atoms with Crippen molar-refractivity contribution in [3.05, 3.63) is 30.0 Å². The maximum absolute atomic E-state index is 12.8. The van der Waals surface area contributed by atoms with Crippen LogP contribution in [0.5, 0.6) is 5.75 Å². The van der Waals surface area contributed by atoms with E-state index in [4.69, 9.17) is 9.72 Å². The van der Waals surface area contributed by atoms with Gasteiger partial charge in [-0.25, -0.2) is 9.99 Å². The maximum Gasteiger partial charge on any atom is 0.251 e. The molecular formula is C25H38N8O3. The van der Waals surface area contributed by atoms with Crippen LogP contribution in [0.25, 0.3) is 0 Å². The molecule has 0 aliphatic carbocycles. The molecule has 0 radical (unpaired) electrons. The number of hydrogen-bond acceptors (Lipinski definition) is 9. The second kappa shape index (κ2) is 12.0. The van der Waals surface area contributed by atoms with Crippen LogP contribution in [-0.4, -0.2) is 92.2 Å². The van der Waals surface area contributed by atoms with Crippen molar-refractivity contribution in [2.45, 2.75) is 33.2 Å². The molecule has 1 aromatic carbocycles. The Morgan fingerprint density at radius 3 is 2.53 bits per heavy atom. The van der Waals surface area contributed by atoms with Gasteiger partial charge in [0, 0.05) is 39.8 Å². The number of likely N-dealkylation sites (N-methyl/N-ethyl adjacent to an activating group) is 2. The molecule has 1 aliphatic rings. The van der Waals surface area contributed by atoms with Crippen molar-refractivity contribution >= 4 is 35.0 Å². The van der Waals surface area contributed by atoms with Crippen LogP contribution >= 0.6 is 0 Å². The highest BCUT2D eigenvalue weighted by atomic mass is 16.5. The molecule has 11 heteroatoms. The summed E-state index contributed by atoms with van der Waals surface area (Å²) < 4.78 is 5.55. The van der Waals surface area contributed by atoms with Gasteiger partial charge in [0.15, 0.2) is 5.82 Å². The molecule has 1 aliphatic heterocycles. The van der Waals surface area contributed by atoms with Crippen molar-refractivity contribution in [2.24, 2.45) is 0 Å². The molecule has 0 bridgehead atoms. The molecule has 0 saturated carbocycles. The van der Waals surface area contributed by atoms with Gasteiger partial charge in [0.2, 0.25) is 5.95 Å². The monoisotopic (exact) mass is 498 g/mol. The molecule has 2 aromatic rings. The van der Waals surface area contributed by atoms with Crippen LogP contribution in [0.2, 0.25) is 0 Å². The number of carbonyl (C=O) groups excluding carboxylic acids is 2. The smallest absolute Gasteiger partial charge is 0.251 e. The molecule has 1 atom stereocenters. The van der Waals surface area contributed by atoms with Crippen LogP contribution in [0, 0.1) is 0 Å². The number of carbonyl (C=O) groups is 2. The largest absolute Gasteiger partial charge is 0.495 e. The fraction of sp³-hybridized carbons (Fsp3) is 0.520. The number of benzene rings is 1. The Balaban J connectivity index is 1.81. The van der Waals surface area contributed by atoms with E-state index in [1.807, 2.05) is 31.0 Å². The van der Waals surface area contributed by atoms with Gasteiger partial charge >= 0.3 is 0 Å². The van der Waals surface area contributed by atoms with E-state index in [1.165, 1.54) is 0 Å². The van der Waals surface area contributed by atoms with E-state index < -0.39 is 0 Å². The van der Waals surface area contributed by atoms with Crippen LogP contribution in [0.15, 0.2) is 24.4 Å². The third kappa shape index (κ3) is 5.68. The van der Waals surface area contributed by atoms with E-state index >= 15 is 0 Å². The number of amides is 2. The van der Waals surface area contributed by atoms with E-state index in [0.29, 0.717) is 47.4 Å².